The second kappa shape index (κ2) is 8.72. The Hall–Kier alpha value is -2.53. The summed E-state index contributed by atoms with van der Waals surface area (Å²) in [7, 11) is 1.60. The minimum absolute atomic E-state index is 0.0181. The lowest BCUT2D eigenvalue weighted by atomic mass is 10.1. The molecule has 0 aromatic heterocycles. The molecule has 0 saturated carbocycles. The highest BCUT2D eigenvalue weighted by Gasteiger charge is 2.15. The number of amides is 2. The third-order valence-electron chi connectivity index (χ3n) is 4.05. The molecule has 26 heavy (non-hydrogen) atoms. The number of benzene rings is 2. The van der Waals surface area contributed by atoms with Crippen molar-refractivity contribution in [1.29, 1.82) is 0 Å². The molecule has 2 aromatic carbocycles. The Kier molecular flexibility index (Phi) is 6.64. The van der Waals surface area contributed by atoms with Gasteiger partial charge in [-0.3, -0.25) is 9.59 Å². The van der Waals surface area contributed by atoms with Crippen molar-refractivity contribution in [3.05, 3.63) is 58.1 Å². The largest absolute Gasteiger partial charge is 0.375 e. The van der Waals surface area contributed by atoms with Gasteiger partial charge in [0, 0.05) is 12.7 Å². The van der Waals surface area contributed by atoms with Crippen molar-refractivity contribution in [3.63, 3.8) is 0 Å². The second-order valence-electron chi connectivity index (χ2n) is 6.41. The van der Waals surface area contributed by atoms with Crippen molar-refractivity contribution in [2.45, 2.75) is 20.8 Å². The van der Waals surface area contributed by atoms with Gasteiger partial charge in [-0.25, -0.2) is 0 Å². The highest BCUT2D eigenvalue weighted by Crippen LogP contribution is 2.22. The lowest BCUT2D eigenvalue weighted by molar-refractivity contribution is -0.131. The van der Waals surface area contributed by atoms with Gasteiger partial charge >= 0.3 is 0 Å². The van der Waals surface area contributed by atoms with Crippen LogP contribution >= 0.6 is 11.6 Å². The van der Waals surface area contributed by atoms with Crippen LogP contribution in [0.25, 0.3) is 0 Å². The van der Waals surface area contributed by atoms with Gasteiger partial charge in [-0.15, -0.1) is 0 Å². The molecule has 0 radical (unpaired) electrons. The number of anilines is 2. The van der Waals surface area contributed by atoms with Crippen molar-refractivity contribution in [2.75, 3.05) is 30.8 Å². The van der Waals surface area contributed by atoms with Crippen LogP contribution in [0.15, 0.2) is 36.4 Å². The third kappa shape index (κ3) is 5.23. The summed E-state index contributed by atoms with van der Waals surface area (Å²) in [6.45, 7) is 5.98. The molecule has 0 aliphatic rings. The summed E-state index contributed by atoms with van der Waals surface area (Å²) in [5.74, 6) is -0.425. The van der Waals surface area contributed by atoms with E-state index >= 15 is 0 Å². The van der Waals surface area contributed by atoms with Crippen LogP contribution in [0.1, 0.15) is 16.7 Å². The molecule has 2 rings (SSSR count). The number of carbonyl (C=O) groups excluding carboxylic acids is 2. The molecular weight excluding hydrogens is 350 g/mol. The molecule has 0 atom stereocenters. The van der Waals surface area contributed by atoms with E-state index in [1.54, 1.807) is 19.2 Å². The summed E-state index contributed by atoms with van der Waals surface area (Å²) in [6.07, 6.45) is 0. The van der Waals surface area contributed by atoms with Crippen molar-refractivity contribution in [2.24, 2.45) is 0 Å². The molecule has 2 amide bonds. The molecule has 0 bridgehead atoms. The van der Waals surface area contributed by atoms with Crippen LogP contribution in [-0.4, -0.2) is 36.9 Å². The van der Waals surface area contributed by atoms with E-state index in [1.807, 2.05) is 45.0 Å². The fourth-order valence-corrected chi connectivity index (χ4v) is 2.97. The quantitative estimate of drug-likeness (QED) is 0.810. The van der Waals surface area contributed by atoms with E-state index in [9.17, 15) is 9.59 Å². The molecule has 0 heterocycles. The minimum atomic E-state index is -0.228. The Morgan fingerprint density at radius 1 is 1.08 bits per heavy atom. The molecule has 2 aromatic rings. The zero-order chi connectivity index (χ0) is 19.3. The van der Waals surface area contributed by atoms with E-state index < -0.39 is 0 Å². The van der Waals surface area contributed by atoms with E-state index in [4.69, 9.17) is 11.6 Å². The molecule has 0 aliphatic heterocycles. The Bertz CT molecular complexity index is 797. The molecular formula is C20H24ClN3O2. The zero-order valence-electron chi connectivity index (χ0n) is 15.5. The van der Waals surface area contributed by atoms with Crippen LogP contribution in [0.2, 0.25) is 5.02 Å². The Labute approximate surface area is 159 Å². The Balaban J connectivity index is 1.90. The first-order chi connectivity index (χ1) is 12.3. The normalized spacial score (nSPS) is 10.3. The third-order valence-corrected chi connectivity index (χ3v) is 4.38. The topological polar surface area (TPSA) is 61.4 Å². The fourth-order valence-electron chi connectivity index (χ4n) is 2.77. The average Bonchev–Trinajstić information content (AvgIpc) is 2.57. The van der Waals surface area contributed by atoms with Gasteiger partial charge in [0.15, 0.2) is 0 Å². The standard InChI is InChI=1S/C20H24ClN3O2/c1-13-9-14(2)20(15(3)10-13)23-18(25)12-24(4)19(26)11-22-17-8-6-5-7-16(17)21/h5-10,22H,11-12H2,1-4H3,(H,23,25). The van der Waals surface area contributed by atoms with Crippen molar-refractivity contribution in [3.8, 4) is 0 Å². The molecule has 2 N–H and O–H groups in total. The zero-order valence-corrected chi connectivity index (χ0v) is 16.3. The molecule has 5 nitrogen and oxygen atoms in total. The van der Waals surface area contributed by atoms with E-state index in [0.717, 1.165) is 22.4 Å². The van der Waals surface area contributed by atoms with Gasteiger partial charge in [-0.05, 0) is 44.0 Å². The number of nitrogens with zero attached hydrogens (tertiary/aromatic N) is 1. The summed E-state index contributed by atoms with van der Waals surface area (Å²) < 4.78 is 0. The van der Waals surface area contributed by atoms with Crippen molar-refractivity contribution in [1.82, 2.24) is 4.90 Å². The molecule has 0 unspecified atom stereocenters. The van der Waals surface area contributed by atoms with E-state index in [0.29, 0.717) is 10.7 Å². The van der Waals surface area contributed by atoms with E-state index in [2.05, 4.69) is 10.6 Å². The number of aryl methyl sites for hydroxylation is 3. The number of rotatable bonds is 6. The average molecular weight is 374 g/mol. The van der Waals surface area contributed by atoms with Crippen LogP contribution in [0.5, 0.6) is 0 Å². The molecule has 0 fully saturated rings. The van der Waals surface area contributed by atoms with Gasteiger partial charge in [0.25, 0.3) is 0 Å². The highest BCUT2D eigenvalue weighted by molar-refractivity contribution is 6.33. The molecule has 0 aliphatic carbocycles. The number of nitrogens with one attached hydrogen (secondary N) is 2. The van der Waals surface area contributed by atoms with E-state index in [1.165, 1.54) is 4.90 Å². The molecule has 0 saturated heterocycles. The van der Waals surface area contributed by atoms with Crippen LogP contribution in [0, 0.1) is 20.8 Å². The SMILES string of the molecule is Cc1cc(C)c(NC(=O)CN(C)C(=O)CNc2ccccc2Cl)c(C)c1. The first-order valence-corrected chi connectivity index (χ1v) is 8.75. The van der Waals surface area contributed by atoms with Crippen LogP contribution in [-0.2, 0) is 9.59 Å². The van der Waals surface area contributed by atoms with Gasteiger partial charge < -0.3 is 15.5 Å². The number of para-hydroxylation sites is 1. The smallest absolute Gasteiger partial charge is 0.243 e. The first kappa shape index (κ1) is 19.8. The van der Waals surface area contributed by atoms with Gasteiger partial charge in [-0.2, -0.15) is 0 Å². The summed E-state index contributed by atoms with van der Waals surface area (Å²) in [4.78, 5) is 25.9. The highest BCUT2D eigenvalue weighted by atomic mass is 35.5. The summed E-state index contributed by atoms with van der Waals surface area (Å²) in [5.41, 5.74) is 4.65. The number of hydrogen-bond donors (Lipinski definition) is 2. The first-order valence-electron chi connectivity index (χ1n) is 8.38. The predicted molar refractivity (Wildman–Crippen MR) is 107 cm³/mol. The number of halogens is 1. The molecule has 138 valence electrons. The molecule has 0 spiro atoms. The lowest BCUT2D eigenvalue weighted by Crippen LogP contribution is -2.38. The van der Waals surface area contributed by atoms with Crippen molar-refractivity contribution >= 4 is 34.8 Å². The van der Waals surface area contributed by atoms with Gasteiger partial charge in [0.1, 0.15) is 0 Å². The Morgan fingerprint density at radius 2 is 1.69 bits per heavy atom. The monoisotopic (exact) mass is 373 g/mol. The number of likely N-dealkylation sites (N-methyl/N-ethyl adjacent to an activating group) is 1. The van der Waals surface area contributed by atoms with E-state index in [-0.39, 0.29) is 24.9 Å². The number of hydrogen-bond acceptors (Lipinski definition) is 3. The predicted octanol–water partition coefficient (Wildman–Crippen LogP) is 3.77. The van der Waals surface area contributed by atoms with Gasteiger partial charge in [0.2, 0.25) is 11.8 Å². The maximum atomic E-state index is 12.3. The maximum Gasteiger partial charge on any atom is 0.243 e. The molecule has 6 heteroatoms. The van der Waals surface area contributed by atoms with Crippen LogP contribution in [0.4, 0.5) is 11.4 Å². The summed E-state index contributed by atoms with van der Waals surface area (Å²) >= 11 is 6.05. The lowest BCUT2D eigenvalue weighted by Gasteiger charge is -2.19. The van der Waals surface area contributed by atoms with Gasteiger partial charge in [0.05, 0.1) is 23.8 Å². The van der Waals surface area contributed by atoms with Crippen molar-refractivity contribution < 1.29 is 9.59 Å². The maximum absolute atomic E-state index is 12.3. The van der Waals surface area contributed by atoms with Crippen LogP contribution < -0.4 is 10.6 Å². The Morgan fingerprint density at radius 3 is 2.31 bits per heavy atom. The number of carbonyl (C=O) groups is 2. The summed E-state index contributed by atoms with van der Waals surface area (Å²) in [6, 6.07) is 11.2. The van der Waals surface area contributed by atoms with Gasteiger partial charge in [-0.1, -0.05) is 41.4 Å². The minimum Gasteiger partial charge on any atom is -0.375 e. The second-order valence-corrected chi connectivity index (χ2v) is 6.81. The van der Waals surface area contributed by atoms with Crippen LogP contribution in [0.3, 0.4) is 0 Å². The fraction of sp³-hybridized carbons (Fsp3) is 0.300. The summed E-state index contributed by atoms with van der Waals surface area (Å²) in [5, 5.41) is 6.43.